The zero-order valence-electron chi connectivity index (χ0n) is 12.5. The second kappa shape index (κ2) is 7.98. The molecule has 5 nitrogen and oxygen atoms in total. The molecule has 2 amide bonds. The summed E-state index contributed by atoms with van der Waals surface area (Å²) in [6.07, 6.45) is 2.83. The van der Waals surface area contributed by atoms with Gasteiger partial charge in [-0.15, -0.1) is 0 Å². The van der Waals surface area contributed by atoms with Gasteiger partial charge in [-0.05, 0) is 60.3 Å². The maximum absolute atomic E-state index is 12.8. The lowest BCUT2D eigenvalue weighted by Crippen LogP contribution is -2.32. The molecule has 0 unspecified atom stereocenters. The van der Waals surface area contributed by atoms with Crippen LogP contribution in [0.4, 0.5) is 10.1 Å². The van der Waals surface area contributed by atoms with Gasteiger partial charge in [-0.25, -0.2) is 4.39 Å². The van der Waals surface area contributed by atoms with Crippen molar-refractivity contribution < 1.29 is 14.0 Å². The van der Waals surface area contributed by atoms with Crippen molar-refractivity contribution in [3.63, 3.8) is 0 Å². The summed E-state index contributed by atoms with van der Waals surface area (Å²) >= 11 is 5.03. The molecular weight excluding hydrogens is 329 g/mol. The smallest absolute Gasteiger partial charge is 0.250 e. The first kappa shape index (κ1) is 17.3. The van der Waals surface area contributed by atoms with Crippen molar-refractivity contribution in [2.75, 3.05) is 5.32 Å². The van der Waals surface area contributed by atoms with Crippen LogP contribution in [0.1, 0.15) is 15.9 Å². The van der Waals surface area contributed by atoms with Gasteiger partial charge in [0.2, 0.25) is 11.8 Å². The molecule has 0 aromatic heterocycles. The number of primary amides is 1. The molecule has 24 heavy (non-hydrogen) atoms. The number of nitrogens with two attached hydrogens (primary N) is 1. The summed E-state index contributed by atoms with van der Waals surface area (Å²) in [5, 5.41) is 5.39. The fourth-order valence-electron chi connectivity index (χ4n) is 1.78. The van der Waals surface area contributed by atoms with Crippen LogP contribution in [0.25, 0.3) is 6.08 Å². The molecule has 7 heteroatoms. The van der Waals surface area contributed by atoms with Crippen molar-refractivity contribution in [3.05, 3.63) is 71.6 Å². The molecule has 2 rings (SSSR count). The molecule has 4 N–H and O–H groups in total. The van der Waals surface area contributed by atoms with Crippen molar-refractivity contribution in [2.45, 2.75) is 0 Å². The highest BCUT2D eigenvalue weighted by Gasteiger charge is 2.03. The van der Waals surface area contributed by atoms with E-state index in [1.807, 2.05) is 0 Å². The molecule has 2 aromatic carbocycles. The molecule has 0 saturated heterocycles. The number of benzene rings is 2. The van der Waals surface area contributed by atoms with Gasteiger partial charge in [0.1, 0.15) is 5.82 Å². The number of nitrogens with one attached hydrogen (secondary N) is 2. The number of rotatable bonds is 4. The van der Waals surface area contributed by atoms with Gasteiger partial charge in [0.15, 0.2) is 5.11 Å². The summed E-state index contributed by atoms with van der Waals surface area (Å²) in [7, 11) is 0. The lowest BCUT2D eigenvalue weighted by Gasteiger charge is -2.08. The first-order chi connectivity index (χ1) is 11.4. The molecule has 0 aliphatic rings. The summed E-state index contributed by atoms with van der Waals surface area (Å²) in [6.45, 7) is 0. The quantitative estimate of drug-likeness (QED) is 0.588. The highest BCUT2D eigenvalue weighted by atomic mass is 32.1. The molecule has 0 spiro atoms. The molecule has 122 valence electrons. The Hall–Kier alpha value is -3.06. The zero-order chi connectivity index (χ0) is 17.5. The fourth-order valence-corrected chi connectivity index (χ4v) is 2.00. The number of hydrogen-bond donors (Lipinski definition) is 3. The van der Waals surface area contributed by atoms with E-state index in [1.54, 1.807) is 42.5 Å². The van der Waals surface area contributed by atoms with E-state index in [4.69, 9.17) is 18.0 Å². The maximum Gasteiger partial charge on any atom is 0.250 e. The molecule has 0 aliphatic heterocycles. The molecular formula is C17H14FN3O2S. The molecule has 0 radical (unpaired) electrons. The minimum Gasteiger partial charge on any atom is -0.366 e. The highest BCUT2D eigenvalue weighted by molar-refractivity contribution is 7.80. The SMILES string of the molecule is NC(=O)c1ccc(NC(=S)NC(=O)/C=C/c2ccc(F)cc2)cc1. The lowest BCUT2D eigenvalue weighted by atomic mass is 10.2. The average Bonchev–Trinajstić information content (AvgIpc) is 2.54. The zero-order valence-corrected chi connectivity index (χ0v) is 13.3. The standard InChI is InChI=1S/C17H14FN3O2S/c18-13-6-1-11(2-7-13)3-10-15(22)21-17(24)20-14-8-4-12(5-9-14)16(19)23/h1-10H,(H2,19,23)(H2,20,21,22,24)/b10-3+. The fraction of sp³-hybridized carbons (Fsp3) is 0. The van der Waals surface area contributed by atoms with Gasteiger partial charge in [-0.1, -0.05) is 12.1 Å². The number of amides is 2. The van der Waals surface area contributed by atoms with Crippen LogP contribution < -0.4 is 16.4 Å². The Morgan fingerprint density at radius 2 is 1.67 bits per heavy atom. The molecule has 0 bridgehead atoms. The first-order valence-electron chi connectivity index (χ1n) is 6.89. The average molecular weight is 343 g/mol. The van der Waals surface area contributed by atoms with Crippen molar-refractivity contribution >= 4 is 40.9 Å². The molecule has 0 atom stereocenters. The van der Waals surface area contributed by atoms with Gasteiger partial charge in [0.05, 0.1) is 0 Å². The first-order valence-corrected chi connectivity index (χ1v) is 7.30. The highest BCUT2D eigenvalue weighted by Crippen LogP contribution is 2.09. The summed E-state index contributed by atoms with van der Waals surface area (Å²) in [5.41, 5.74) is 6.81. The Morgan fingerprint density at radius 3 is 2.25 bits per heavy atom. The van der Waals surface area contributed by atoms with E-state index in [-0.39, 0.29) is 10.9 Å². The van der Waals surface area contributed by atoms with E-state index < -0.39 is 11.8 Å². The van der Waals surface area contributed by atoms with E-state index >= 15 is 0 Å². The van der Waals surface area contributed by atoms with Crippen LogP contribution >= 0.6 is 12.2 Å². The number of anilines is 1. The number of carbonyl (C=O) groups excluding carboxylic acids is 2. The molecule has 0 aliphatic carbocycles. The van der Waals surface area contributed by atoms with Crippen LogP contribution in [-0.2, 0) is 4.79 Å². The molecule has 0 fully saturated rings. The number of hydrogen-bond acceptors (Lipinski definition) is 3. The molecule has 0 saturated carbocycles. The van der Waals surface area contributed by atoms with Crippen molar-refractivity contribution in [3.8, 4) is 0 Å². The van der Waals surface area contributed by atoms with E-state index in [0.29, 0.717) is 16.8 Å². The normalized spacial score (nSPS) is 10.4. The summed E-state index contributed by atoms with van der Waals surface area (Å²) in [5.74, 6) is -1.29. The third kappa shape index (κ3) is 5.29. The van der Waals surface area contributed by atoms with Gasteiger partial charge in [0, 0.05) is 17.3 Å². The largest absolute Gasteiger partial charge is 0.366 e. The Labute approximate surface area is 143 Å². The Kier molecular flexibility index (Phi) is 5.75. The summed E-state index contributed by atoms with van der Waals surface area (Å²) in [4.78, 5) is 22.7. The Balaban J connectivity index is 1.88. The van der Waals surface area contributed by atoms with Crippen molar-refractivity contribution in [1.29, 1.82) is 0 Å². The topological polar surface area (TPSA) is 84.2 Å². The summed E-state index contributed by atoms with van der Waals surface area (Å²) < 4.78 is 12.8. The van der Waals surface area contributed by atoms with Crippen LogP contribution in [0.5, 0.6) is 0 Å². The van der Waals surface area contributed by atoms with E-state index in [0.717, 1.165) is 0 Å². The third-order valence-electron chi connectivity index (χ3n) is 2.96. The summed E-state index contributed by atoms with van der Waals surface area (Å²) in [6, 6.07) is 12.0. The Morgan fingerprint density at radius 1 is 1.04 bits per heavy atom. The van der Waals surface area contributed by atoms with Crippen LogP contribution in [0, 0.1) is 5.82 Å². The van der Waals surface area contributed by atoms with Gasteiger partial charge < -0.3 is 11.1 Å². The Bertz CT molecular complexity index is 786. The van der Waals surface area contributed by atoms with Gasteiger partial charge in [-0.2, -0.15) is 0 Å². The third-order valence-corrected chi connectivity index (χ3v) is 3.17. The predicted molar refractivity (Wildman–Crippen MR) is 94.8 cm³/mol. The number of halogens is 1. The molecule has 0 heterocycles. The second-order valence-corrected chi connectivity index (χ2v) is 5.18. The van der Waals surface area contributed by atoms with Crippen LogP contribution in [0.3, 0.4) is 0 Å². The van der Waals surface area contributed by atoms with Crippen LogP contribution in [0.2, 0.25) is 0 Å². The van der Waals surface area contributed by atoms with Gasteiger partial charge in [-0.3, -0.25) is 14.9 Å². The van der Waals surface area contributed by atoms with Crippen LogP contribution in [-0.4, -0.2) is 16.9 Å². The van der Waals surface area contributed by atoms with E-state index in [1.165, 1.54) is 18.2 Å². The van der Waals surface area contributed by atoms with Crippen molar-refractivity contribution in [2.24, 2.45) is 5.73 Å². The lowest BCUT2D eigenvalue weighted by molar-refractivity contribution is -0.115. The number of thiocarbonyl (C=S) groups is 1. The minimum atomic E-state index is -0.525. The van der Waals surface area contributed by atoms with Gasteiger partial charge >= 0.3 is 0 Å². The van der Waals surface area contributed by atoms with Crippen LogP contribution in [0.15, 0.2) is 54.6 Å². The van der Waals surface area contributed by atoms with E-state index in [2.05, 4.69) is 10.6 Å². The monoisotopic (exact) mass is 343 g/mol. The van der Waals surface area contributed by atoms with Crippen molar-refractivity contribution in [1.82, 2.24) is 5.32 Å². The number of carbonyl (C=O) groups is 2. The second-order valence-electron chi connectivity index (χ2n) is 4.77. The minimum absolute atomic E-state index is 0.107. The van der Waals surface area contributed by atoms with Gasteiger partial charge in [0.25, 0.3) is 0 Å². The maximum atomic E-state index is 12.8. The van der Waals surface area contributed by atoms with E-state index in [9.17, 15) is 14.0 Å². The molecule has 2 aromatic rings. The predicted octanol–water partition coefficient (Wildman–Crippen LogP) is 2.45.